The molecule has 0 radical (unpaired) electrons. The normalized spacial score (nSPS) is 10.8. The summed E-state index contributed by atoms with van der Waals surface area (Å²) in [4.78, 5) is 26.6. The first kappa shape index (κ1) is 18.2. The van der Waals surface area contributed by atoms with Crippen molar-refractivity contribution in [1.82, 2.24) is 14.6 Å². The van der Waals surface area contributed by atoms with Crippen LogP contribution in [0.1, 0.15) is 10.5 Å². The predicted molar refractivity (Wildman–Crippen MR) is 99.4 cm³/mol. The number of halogens is 2. The minimum atomic E-state index is -1.01. The Hall–Kier alpha value is -4.21. The van der Waals surface area contributed by atoms with Gasteiger partial charge >= 0.3 is 5.69 Å². The fourth-order valence-electron chi connectivity index (χ4n) is 2.77. The van der Waals surface area contributed by atoms with Crippen molar-refractivity contribution in [3.8, 4) is 11.3 Å². The molecule has 29 heavy (non-hydrogen) atoms. The Morgan fingerprint density at radius 2 is 1.83 bits per heavy atom. The topological polar surface area (TPSA) is 102 Å². The maximum atomic E-state index is 13.4. The summed E-state index contributed by atoms with van der Waals surface area (Å²) in [5.74, 6) is -2.04. The highest BCUT2D eigenvalue weighted by Gasteiger charge is 2.18. The Morgan fingerprint density at radius 3 is 2.55 bits per heavy atom. The number of amides is 1. The van der Waals surface area contributed by atoms with E-state index in [4.69, 9.17) is 0 Å². The number of hydrogen-bond donors (Lipinski definition) is 1. The number of rotatable bonds is 4. The van der Waals surface area contributed by atoms with Crippen molar-refractivity contribution in [2.45, 2.75) is 0 Å². The Kier molecular flexibility index (Phi) is 4.43. The van der Waals surface area contributed by atoms with Crippen molar-refractivity contribution < 1.29 is 18.5 Å². The van der Waals surface area contributed by atoms with Crippen LogP contribution in [-0.2, 0) is 0 Å². The molecule has 0 aliphatic heterocycles. The number of carbonyl (C=O) groups excluding carboxylic acids is 1. The van der Waals surface area contributed by atoms with E-state index in [-0.39, 0.29) is 17.2 Å². The molecule has 4 rings (SSSR count). The second-order valence-corrected chi connectivity index (χ2v) is 6.01. The SMILES string of the molecule is O=C(Nc1ccc(F)c([N+](=O)[O-])c1)c1cc2nccc(-c3ccc(F)cc3)n2n1. The van der Waals surface area contributed by atoms with Gasteiger partial charge in [0, 0.05) is 29.6 Å². The number of carbonyl (C=O) groups is 1. The maximum absolute atomic E-state index is 13.4. The predicted octanol–water partition coefficient (Wildman–Crippen LogP) is 3.84. The summed E-state index contributed by atoms with van der Waals surface area (Å²) < 4.78 is 28.1. The van der Waals surface area contributed by atoms with Gasteiger partial charge in [0.15, 0.2) is 11.3 Å². The molecule has 2 aromatic carbocycles. The van der Waals surface area contributed by atoms with Crippen LogP contribution < -0.4 is 5.32 Å². The third-order valence-electron chi connectivity index (χ3n) is 4.13. The lowest BCUT2D eigenvalue weighted by atomic mass is 10.1. The monoisotopic (exact) mass is 395 g/mol. The quantitative estimate of drug-likeness (QED) is 0.418. The first-order valence-electron chi connectivity index (χ1n) is 8.28. The number of fused-ring (bicyclic) bond motifs is 1. The fraction of sp³-hybridized carbons (Fsp3) is 0. The molecule has 0 atom stereocenters. The Bertz CT molecular complexity index is 1250. The lowest BCUT2D eigenvalue weighted by Crippen LogP contribution is -2.13. The first-order chi connectivity index (χ1) is 13.9. The van der Waals surface area contributed by atoms with Gasteiger partial charge in [-0.3, -0.25) is 14.9 Å². The summed E-state index contributed by atoms with van der Waals surface area (Å²) in [6.07, 6.45) is 1.53. The summed E-state index contributed by atoms with van der Waals surface area (Å²) in [6.45, 7) is 0. The van der Waals surface area contributed by atoms with Crippen molar-refractivity contribution in [3.63, 3.8) is 0 Å². The van der Waals surface area contributed by atoms with Gasteiger partial charge in [-0.25, -0.2) is 13.9 Å². The molecule has 10 heteroatoms. The number of anilines is 1. The Labute approximate surface area is 161 Å². The number of nitro groups is 1. The highest BCUT2D eigenvalue weighted by Crippen LogP contribution is 2.23. The zero-order valence-electron chi connectivity index (χ0n) is 14.5. The van der Waals surface area contributed by atoms with Crippen LogP contribution in [0.25, 0.3) is 16.9 Å². The molecule has 0 spiro atoms. The minimum absolute atomic E-state index is 0.000889. The lowest BCUT2D eigenvalue weighted by Gasteiger charge is -2.04. The molecule has 0 saturated carbocycles. The molecule has 4 aromatic rings. The van der Waals surface area contributed by atoms with Gasteiger partial charge in [0.2, 0.25) is 5.82 Å². The molecular formula is C19H11F2N5O3. The summed E-state index contributed by atoms with van der Waals surface area (Å²) in [5, 5.41) is 17.5. The lowest BCUT2D eigenvalue weighted by molar-refractivity contribution is -0.387. The third kappa shape index (κ3) is 3.50. The average molecular weight is 395 g/mol. The fourth-order valence-corrected chi connectivity index (χ4v) is 2.77. The molecule has 0 unspecified atom stereocenters. The van der Waals surface area contributed by atoms with E-state index in [1.165, 1.54) is 35.0 Å². The number of benzene rings is 2. The number of aromatic nitrogens is 3. The van der Waals surface area contributed by atoms with Gasteiger partial charge in [-0.1, -0.05) is 0 Å². The van der Waals surface area contributed by atoms with Crippen LogP contribution in [-0.4, -0.2) is 25.4 Å². The van der Waals surface area contributed by atoms with Crippen LogP contribution in [0.3, 0.4) is 0 Å². The smallest absolute Gasteiger partial charge is 0.306 e. The highest BCUT2D eigenvalue weighted by molar-refractivity contribution is 6.03. The van der Waals surface area contributed by atoms with Gasteiger partial charge in [0.25, 0.3) is 5.91 Å². The molecule has 1 N–H and O–H groups in total. The minimum Gasteiger partial charge on any atom is -0.320 e. The molecule has 0 bridgehead atoms. The molecule has 0 fully saturated rings. The summed E-state index contributed by atoms with van der Waals surface area (Å²) in [7, 11) is 0. The van der Waals surface area contributed by atoms with E-state index < -0.39 is 22.3 Å². The summed E-state index contributed by atoms with van der Waals surface area (Å²) in [6, 6.07) is 11.9. The number of nitrogens with zero attached hydrogens (tertiary/aromatic N) is 4. The zero-order chi connectivity index (χ0) is 20.5. The zero-order valence-corrected chi connectivity index (χ0v) is 14.5. The number of hydrogen-bond acceptors (Lipinski definition) is 5. The van der Waals surface area contributed by atoms with Crippen molar-refractivity contribution in [2.75, 3.05) is 5.32 Å². The van der Waals surface area contributed by atoms with Gasteiger partial charge in [0.1, 0.15) is 5.82 Å². The second-order valence-electron chi connectivity index (χ2n) is 6.01. The average Bonchev–Trinajstić information content (AvgIpc) is 3.14. The summed E-state index contributed by atoms with van der Waals surface area (Å²) >= 11 is 0. The van der Waals surface area contributed by atoms with Crippen LogP contribution in [0.5, 0.6) is 0 Å². The Balaban J connectivity index is 1.67. The second kappa shape index (κ2) is 7.08. The van der Waals surface area contributed by atoms with Crippen LogP contribution in [0.15, 0.2) is 60.8 Å². The Morgan fingerprint density at radius 1 is 1.07 bits per heavy atom. The van der Waals surface area contributed by atoms with E-state index in [1.54, 1.807) is 18.2 Å². The van der Waals surface area contributed by atoms with E-state index in [2.05, 4.69) is 15.4 Å². The largest absolute Gasteiger partial charge is 0.320 e. The van der Waals surface area contributed by atoms with Crippen molar-refractivity contribution in [2.24, 2.45) is 0 Å². The highest BCUT2D eigenvalue weighted by atomic mass is 19.1. The number of nitro benzene ring substituents is 1. The van der Waals surface area contributed by atoms with E-state index in [9.17, 15) is 23.7 Å². The molecule has 144 valence electrons. The van der Waals surface area contributed by atoms with Gasteiger partial charge in [-0.15, -0.1) is 0 Å². The first-order valence-corrected chi connectivity index (χ1v) is 8.28. The van der Waals surface area contributed by atoms with Gasteiger partial charge < -0.3 is 5.32 Å². The third-order valence-corrected chi connectivity index (χ3v) is 4.13. The maximum Gasteiger partial charge on any atom is 0.306 e. The standard InChI is InChI=1S/C19H11F2N5O3/c20-12-3-1-11(2-4-12)16-7-8-22-18-10-15(24-25(16)18)19(27)23-13-5-6-14(21)17(9-13)26(28)29/h1-10H,(H,23,27). The summed E-state index contributed by atoms with van der Waals surface area (Å²) in [5.41, 5.74) is 0.931. The van der Waals surface area contributed by atoms with E-state index in [1.807, 2.05) is 0 Å². The molecule has 1 amide bonds. The molecular weight excluding hydrogens is 384 g/mol. The van der Waals surface area contributed by atoms with Gasteiger partial charge in [-0.05, 0) is 42.5 Å². The van der Waals surface area contributed by atoms with Crippen LogP contribution in [0.4, 0.5) is 20.2 Å². The molecule has 8 nitrogen and oxygen atoms in total. The van der Waals surface area contributed by atoms with E-state index in [0.29, 0.717) is 16.9 Å². The van der Waals surface area contributed by atoms with Crippen LogP contribution >= 0.6 is 0 Å². The van der Waals surface area contributed by atoms with Crippen molar-refractivity contribution in [1.29, 1.82) is 0 Å². The van der Waals surface area contributed by atoms with Crippen LogP contribution in [0.2, 0.25) is 0 Å². The van der Waals surface area contributed by atoms with Gasteiger partial charge in [0.05, 0.1) is 10.6 Å². The van der Waals surface area contributed by atoms with Crippen molar-refractivity contribution in [3.05, 3.63) is 88.2 Å². The van der Waals surface area contributed by atoms with E-state index in [0.717, 1.165) is 12.1 Å². The molecule has 0 aliphatic carbocycles. The molecule has 2 aromatic heterocycles. The molecule has 0 saturated heterocycles. The van der Waals surface area contributed by atoms with Gasteiger partial charge in [-0.2, -0.15) is 9.49 Å². The molecule has 0 aliphatic rings. The number of nitrogens with one attached hydrogen (secondary N) is 1. The van der Waals surface area contributed by atoms with Crippen LogP contribution in [0, 0.1) is 21.7 Å². The van der Waals surface area contributed by atoms with Crippen molar-refractivity contribution >= 4 is 22.9 Å². The van der Waals surface area contributed by atoms with E-state index >= 15 is 0 Å². The molecule has 2 heterocycles.